The van der Waals surface area contributed by atoms with E-state index in [0.29, 0.717) is 28.0 Å². The predicted molar refractivity (Wildman–Crippen MR) is 122 cm³/mol. The number of carboxylic acids is 1. The first kappa shape index (κ1) is 22.4. The molecule has 1 saturated heterocycles. The average Bonchev–Trinajstić information content (AvgIpc) is 3.07. The monoisotopic (exact) mass is 440 g/mol. The summed E-state index contributed by atoms with van der Waals surface area (Å²) in [4.78, 5) is 28.7. The summed E-state index contributed by atoms with van der Waals surface area (Å²) in [6.45, 7) is 5.70. The van der Waals surface area contributed by atoms with Crippen molar-refractivity contribution in [1.82, 2.24) is 5.32 Å². The van der Waals surface area contributed by atoms with Crippen LogP contribution in [0.4, 0.5) is 5.69 Å². The molecule has 2 N–H and O–H groups in total. The van der Waals surface area contributed by atoms with Gasteiger partial charge < -0.3 is 19.9 Å². The van der Waals surface area contributed by atoms with E-state index in [1.165, 1.54) is 18.9 Å². The summed E-state index contributed by atoms with van der Waals surface area (Å²) in [5.74, 6) is -0.544. The van der Waals surface area contributed by atoms with Gasteiger partial charge in [0.2, 0.25) is 0 Å². The number of methoxy groups -OCH3 is 1. The number of carboxylic acid groups (broad SMARTS) is 1. The predicted octanol–water partition coefficient (Wildman–Crippen LogP) is 4.45. The Labute approximate surface area is 185 Å². The van der Waals surface area contributed by atoms with Gasteiger partial charge in [0.25, 0.3) is 5.91 Å². The normalized spacial score (nSPS) is 17.0. The van der Waals surface area contributed by atoms with Gasteiger partial charge >= 0.3 is 5.97 Å². The first-order chi connectivity index (χ1) is 14.8. The molecule has 0 aromatic heterocycles. The van der Waals surface area contributed by atoms with Gasteiger partial charge in [-0.15, -0.1) is 0 Å². The number of ether oxygens (including phenoxy) is 2. The number of nitrogens with zero attached hydrogens (tertiary/aromatic N) is 1. The van der Waals surface area contributed by atoms with Crippen molar-refractivity contribution >= 4 is 40.6 Å². The van der Waals surface area contributed by atoms with Crippen molar-refractivity contribution in [2.24, 2.45) is 4.99 Å². The van der Waals surface area contributed by atoms with E-state index in [4.69, 9.17) is 9.47 Å². The van der Waals surface area contributed by atoms with E-state index in [9.17, 15) is 14.7 Å². The molecule has 1 heterocycles. The highest BCUT2D eigenvalue weighted by molar-refractivity contribution is 8.18. The van der Waals surface area contributed by atoms with Crippen LogP contribution in [-0.2, 0) is 9.59 Å². The quantitative estimate of drug-likeness (QED) is 0.618. The third-order valence-corrected chi connectivity index (χ3v) is 5.55. The lowest BCUT2D eigenvalue weighted by atomic mass is 10.1. The molecule has 2 aromatic carbocycles. The van der Waals surface area contributed by atoms with Crippen molar-refractivity contribution in [2.45, 2.75) is 33.3 Å². The summed E-state index contributed by atoms with van der Waals surface area (Å²) in [5.41, 5.74) is 3.66. The number of rotatable bonds is 7. The van der Waals surface area contributed by atoms with Gasteiger partial charge in [-0.2, -0.15) is 0 Å². The Morgan fingerprint density at radius 1 is 1.23 bits per heavy atom. The van der Waals surface area contributed by atoms with Crippen LogP contribution in [0.5, 0.6) is 11.5 Å². The minimum Gasteiger partial charge on any atom is -0.493 e. The van der Waals surface area contributed by atoms with Gasteiger partial charge in [0, 0.05) is 0 Å². The van der Waals surface area contributed by atoms with E-state index in [-0.39, 0.29) is 5.91 Å². The second kappa shape index (κ2) is 9.70. The lowest BCUT2D eigenvalue weighted by molar-refractivity contribution is -0.145. The number of aliphatic imine (C=N–C) groups is 1. The number of thioether (sulfide) groups is 1. The highest BCUT2D eigenvalue weighted by atomic mass is 32.2. The van der Waals surface area contributed by atoms with Crippen LogP contribution < -0.4 is 14.8 Å². The summed E-state index contributed by atoms with van der Waals surface area (Å²) in [6.07, 6.45) is 1.09. The van der Waals surface area contributed by atoms with Crippen molar-refractivity contribution in [3.05, 3.63) is 58.0 Å². The molecule has 0 bridgehead atoms. The number of aryl methyl sites for hydroxylation is 2. The number of hydrogen-bond donors (Lipinski definition) is 2. The molecule has 1 amide bonds. The Morgan fingerprint density at radius 3 is 2.68 bits per heavy atom. The molecule has 1 aliphatic heterocycles. The molecule has 1 unspecified atom stereocenters. The highest BCUT2D eigenvalue weighted by Gasteiger charge is 2.24. The Bertz CT molecular complexity index is 1080. The largest absolute Gasteiger partial charge is 0.493 e. The number of carbonyl (C=O) groups is 2. The average molecular weight is 441 g/mol. The molecule has 7 nitrogen and oxygen atoms in total. The maximum Gasteiger partial charge on any atom is 0.344 e. The SMILES string of the molecule is CCC(Oc1ccc(/C=C2/SC(=Nc3cc(C)ccc3C)NC2=O)cc1OC)C(=O)O. The smallest absolute Gasteiger partial charge is 0.344 e. The van der Waals surface area contributed by atoms with Crippen LogP contribution in [0.15, 0.2) is 46.3 Å². The van der Waals surface area contributed by atoms with E-state index in [1.807, 2.05) is 32.0 Å². The molecule has 31 heavy (non-hydrogen) atoms. The second-order valence-electron chi connectivity index (χ2n) is 7.03. The molecule has 0 spiro atoms. The molecule has 0 aliphatic carbocycles. The Hall–Kier alpha value is -3.26. The number of nitrogens with one attached hydrogen (secondary N) is 1. The molecule has 1 aliphatic rings. The van der Waals surface area contributed by atoms with Crippen molar-refractivity contribution in [3.8, 4) is 11.5 Å². The van der Waals surface area contributed by atoms with Gasteiger partial charge in [0.15, 0.2) is 22.8 Å². The Balaban J connectivity index is 1.83. The van der Waals surface area contributed by atoms with Crippen LogP contribution in [0.2, 0.25) is 0 Å². The van der Waals surface area contributed by atoms with Crippen molar-refractivity contribution < 1.29 is 24.2 Å². The number of amides is 1. The molecule has 0 saturated carbocycles. The zero-order chi connectivity index (χ0) is 22.5. The third-order valence-electron chi connectivity index (χ3n) is 4.64. The lowest BCUT2D eigenvalue weighted by Crippen LogP contribution is -2.26. The highest BCUT2D eigenvalue weighted by Crippen LogP contribution is 2.33. The molecule has 3 rings (SSSR count). The van der Waals surface area contributed by atoms with E-state index in [2.05, 4.69) is 10.3 Å². The van der Waals surface area contributed by atoms with E-state index in [0.717, 1.165) is 22.4 Å². The number of benzene rings is 2. The minimum absolute atomic E-state index is 0.231. The van der Waals surface area contributed by atoms with Crippen LogP contribution in [0.1, 0.15) is 30.0 Å². The van der Waals surface area contributed by atoms with Crippen molar-refractivity contribution in [2.75, 3.05) is 7.11 Å². The van der Waals surface area contributed by atoms with Gasteiger partial charge in [-0.05, 0) is 73.0 Å². The number of amidine groups is 1. The zero-order valence-corrected chi connectivity index (χ0v) is 18.6. The Kier molecular flexibility index (Phi) is 7.02. The van der Waals surface area contributed by atoms with Crippen LogP contribution in [0, 0.1) is 13.8 Å². The zero-order valence-electron chi connectivity index (χ0n) is 17.8. The minimum atomic E-state index is -1.04. The molecule has 1 fully saturated rings. The van der Waals surface area contributed by atoms with Crippen LogP contribution in [0.3, 0.4) is 0 Å². The van der Waals surface area contributed by atoms with Crippen LogP contribution in [-0.4, -0.2) is 35.4 Å². The molecule has 8 heteroatoms. The fourth-order valence-corrected chi connectivity index (χ4v) is 3.75. The van der Waals surface area contributed by atoms with E-state index < -0.39 is 12.1 Å². The van der Waals surface area contributed by atoms with Gasteiger partial charge in [0.05, 0.1) is 17.7 Å². The summed E-state index contributed by atoms with van der Waals surface area (Å²) >= 11 is 1.26. The topological polar surface area (TPSA) is 97.2 Å². The lowest BCUT2D eigenvalue weighted by Gasteiger charge is -2.16. The molecular formula is C23H24N2O5S. The van der Waals surface area contributed by atoms with E-state index >= 15 is 0 Å². The van der Waals surface area contributed by atoms with Crippen LogP contribution >= 0.6 is 11.8 Å². The number of hydrogen-bond acceptors (Lipinski definition) is 6. The fourth-order valence-electron chi connectivity index (χ4n) is 2.91. The maximum atomic E-state index is 12.4. The summed E-state index contributed by atoms with van der Waals surface area (Å²) in [7, 11) is 1.48. The van der Waals surface area contributed by atoms with Gasteiger partial charge in [-0.3, -0.25) is 4.79 Å². The first-order valence-electron chi connectivity index (χ1n) is 9.75. The third kappa shape index (κ3) is 5.46. The van der Waals surface area contributed by atoms with Crippen molar-refractivity contribution in [1.29, 1.82) is 0 Å². The number of aliphatic carboxylic acids is 1. The summed E-state index contributed by atoms with van der Waals surface area (Å²) < 4.78 is 10.9. The second-order valence-corrected chi connectivity index (χ2v) is 8.07. The van der Waals surface area contributed by atoms with Gasteiger partial charge in [0.1, 0.15) is 0 Å². The molecule has 1 atom stereocenters. The Morgan fingerprint density at radius 2 is 2.00 bits per heavy atom. The van der Waals surface area contributed by atoms with E-state index in [1.54, 1.807) is 31.2 Å². The molecule has 162 valence electrons. The van der Waals surface area contributed by atoms with Crippen molar-refractivity contribution in [3.63, 3.8) is 0 Å². The molecule has 2 aromatic rings. The fraction of sp³-hybridized carbons (Fsp3) is 0.261. The summed E-state index contributed by atoms with van der Waals surface area (Å²) in [6, 6.07) is 11.1. The van der Waals surface area contributed by atoms with Crippen LogP contribution in [0.25, 0.3) is 6.08 Å². The standard InChI is InChI=1S/C23H24N2O5S/c1-5-17(22(27)28)30-18-9-8-15(11-19(18)29-4)12-20-21(26)25-23(31-20)24-16-10-13(2)6-7-14(16)3/h6-12,17H,5H2,1-4H3,(H,27,28)(H,24,25,26)/b20-12+. The number of carbonyl (C=O) groups excluding carboxylic acids is 1. The maximum absolute atomic E-state index is 12.4. The first-order valence-corrected chi connectivity index (χ1v) is 10.6. The molecular weight excluding hydrogens is 416 g/mol. The molecule has 0 radical (unpaired) electrons. The summed E-state index contributed by atoms with van der Waals surface area (Å²) in [5, 5.41) is 12.5. The van der Waals surface area contributed by atoms with Gasteiger partial charge in [-0.25, -0.2) is 9.79 Å². The van der Waals surface area contributed by atoms with Gasteiger partial charge in [-0.1, -0.05) is 25.1 Å².